The van der Waals surface area contributed by atoms with Gasteiger partial charge in [-0.3, -0.25) is 4.79 Å². The summed E-state index contributed by atoms with van der Waals surface area (Å²) in [5, 5.41) is 6.99. The van der Waals surface area contributed by atoms with Crippen LogP contribution in [0, 0.1) is 0 Å². The smallest absolute Gasteiger partial charge is 0.282 e. The topological polar surface area (TPSA) is 60.1 Å². The molecule has 0 saturated heterocycles. The highest BCUT2D eigenvalue weighted by atomic mass is 79.9. The Hall–Kier alpha value is -1.56. The second-order valence-electron chi connectivity index (χ2n) is 3.23. The molecule has 0 bridgehead atoms. The van der Waals surface area contributed by atoms with E-state index in [0.29, 0.717) is 16.7 Å². The molecule has 0 fully saturated rings. The zero-order chi connectivity index (χ0) is 11.5. The first-order chi connectivity index (χ1) is 7.68. The van der Waals surface area contributed by atoms with Gasteiger partial charge in [0.05, 0.1) is 24.7 Å². The Morgan fingerprint density at radius 2 is 2.44 bits per heavy atom. The highest BCUT2D eigenvalue weighted by Gasteiger charge is 2.06. The lowest BCUT2D eigenvalue weighted by atomic mass is 10.4. The Morgan fingerprint density at radius 3 is 3.12 bits per heavy atom. The summed E-state index contributed by atoms with van der Waals surface area (Å²) in [6.45, 7) is 0.514. The molecule has 0 aliphatic heterocycles. The number of aromatic nitrogens is 2. The molecule has 0 atom stereocenters. The molecule has 0 radical (unpaired) electrons. The fourth-order valence-electron chi connectivity index (χ4n) is 1.23. The summed E-state index contributed by atoms with van der Waals surface area (Å²) in [6, 6.07) is 3.67. The van der Waals surface area contributed by atoms with Crippen LogP contribution in [0.2, 0.25) is 0 Å². The van der Waals surface area contributed by atoms with Gasteiger partial charge in [-0.1, -0.05) is 0 Å². The normalized spacial score (nSPS) is 10.4. The van der Waals surface area contributed by atoms with Gasteiger partial charge in [0.1, 0.15) is 10.2 Å². The van der Waals surface area contributed by atoms with Gasteiger partial charge in [0.2, 0.25) is 0 Å². The van der Waals surface area contributed by atoms with Crippen molar-refractivity contribution in [2.24, 2.45) is 7.05 Å². The molecule has 5 nitrogen and oxygen atoms in total. The number of aryl methyl sites for hydroxylation is 1. The summed E-state index contributed by atoms with van der Waals surface area (Å²) in [6.07, 6.45) is 3.20. The van der Waals surface area contributed by atoms with Crippen LogP contribution in [0.1, 0.15) is 5.76 Å². The maximum absolute atomic E-state index is 11.5. The fourth-order valence-corrected chi connectivity index (χ4v) is 1.73. The molecule has 6 heteroatoms. The lowest BCUT2D eigenvalue weighted by Gasteiger charge is -2.06. The molecule has 2 aromatic rings. The van der Waals surface area contributed by atoms with Crippen LogP contribution in [0.15, 0.2) is 38.3 Å². The lowest BCUT2D eigenvalue weighted by Crippen LogP contribution is -2.21. The molecular weight excluding hydrogens is 274 g/mol. The number of nitrogens with zero attached hydrogens (tertiary/aromatic N) is 2. The molecule has 0 spiro atoms. The largest absolute Gasteiger partial charge is 0.467 e. The second-order valence-corrected chi connectivity index (χ2v) is 4.03. The molecule has 2 heterocycles. The monoisotopic (exact) mass is 283 g/mol. The zero-order valence-electron chi connectivity index (χ0n) is 8.61. The number of hydrogen-bond acceptors (Lipinski definition) is 4. The number of rotatable bonds is 3. The summed E-state index contributed by atoms with van der Waals surface area (Å²) in [4.78, 5) is 11.5. The van der Waals surface area contributed by atoms with Crippen molar-refractivity contribution in [2.75, 3.05) is 5.32 Å². The minimum atomic E-state index is -0.176. The third-order valence-electron chi connectivity index (χ3n) is 2.11. The molecule has 0 aliphatic rings. The van der Waals surface area contributed by atoms with Crippen molar-refractivity contribution in [3.63, 3.8) is 0 Å². The highest BCUT2D eigenvalue weighted by molar-refractivity contribution is 9.10. The minimum absolute atomic E-state index is 0.176. The van der Waals surface area contributed by atoms with Crippen molar-refractivity contribution in [3.05, 3.63) is 45.2 Å². The van der Waals surface area contributed by atoms with E-state index in [4.69, 9.17) is 4.42 Å². The average molecular weight is 284 g/mol. The number of furan rings is 1. The van der Waals surface area contributed by atoms with Crippen molar-refractivity contribution >= 4 is 21.6 Å². The molecular formula is C10H10BrN3O2. The molecule has 0 unspecified atom stereocenters. The standard InChI is InChI=1S/C10H10BrN3O2/c1-14-10(15)9(11)8(6-13-14)12-5-7-3-2-4-16-7/h2-4,6,12H,5H2,1H3. The number of hydrogen-bond donors (Lipinski definition) is 1. The first kappa shape index (κ1) is 10.9. The van der Waals surface area contributed by atoms with E-state index in [1.54, 1.807) is 19.5 Å². The fraction of sp³-hybridized carbons (Fsp3) is 0.200. The Bertz CT molecular complexity index is 533. The molecule has 2 aromatic heterocycles. The van der Waals surface area contributed by atoms with Crippen LogP contribution in [0.3, 0.4) is 0 Å². The van der Waals surface area contributed by atoms with Crippen LogP contribution in [0.25, 0.3) is 0 Å². The van der Waals surface area contributed by atoms with E-state index < -0.39 is 0 Å². The average Bonchev–Trinajstić information content (AvgIpc) is 2.78. The molecule has 0 aliphatic carbocycles. The number of halogens is 1. The molecule has 0 amide bonds. The molecule has 16 heavy (non-hydrogen) atoms. The SMILES string of the molecule is Cn1ncc(NCc2ccco2)c(Br)c1=O. The van der Waals surface area contributed by atoms with Crippen molar-refractivity contribution in [3.8, 4) is 0 Å². The van der Waals surface area contributed by atoms with Crippen LogP contribution in [-0.2, 0) is 13.6 Å². The molecule has 1 N–H and O–H groups in total. The van der Waals surface area contributed by atoms with Crippen molar-refractivity contribution < 1.29 is 4.42 Å². The van der Waals surface area contributed by atoms with Gasteiger partial charge in [-0.05, 0) is 28.1 Å². The van der Waals surface area contributed by atoms with E-state index in [2.05, 4.69) is 26.3 Å². The van der Waals surface area contributed by atoms with Gasteiger partial charge in [0.25, 0.3) is 5.56 Å². The second kappa shape index (κ2) is 4.52. The van der Waals surface area contributed by atoms with E-state index in [1.807, 2.05) is 12.1 Å². The van der Waals surface area contributed by atoms with E-state index in [-0.39, 0.29) is 5.56 Å². The first-order valence-electron chi connectivity index (χ1n) is 4.66. The maximum atomic E-state index is 11.5. The summed E-state index contributed by atoms with van der Waals surface area (Å²) in [5.74, 6) is 0.799. The predicted octanol–water partition coefficient (Wildman–Crippen LogP) is 1.75. The van der Waals surface area contributed by atoms with E-state index >= 15 is 0 Å². The quantitative estimate of drug-likeness (QED) is 0.932. The Morgan fingerprint density at radius 1 is 1.62 bits per heavy atom. The Labute approximate surface area is 100 Å². The van der Waals surface area contributed by atoms with Gasteiger partial charge in [-0.25, -0.2) is 4.68 Å². The number of nitrogens with one attached hydrogen (secondary N) is 1. The van der Waals surface area contributed by atoms with Crippen LogP contribution in [0.5, 0.6) is 0 Å². The van der Waals surface area contributed by atoms with E-state index in [0.717, 1.165) is 5.76 Å². The van der Waals surface area contributed by atoms with Crippen molar-refractivity contribution in [1.29, 1.82) is 0 Å². The maximum Gasteiger partial charge on any atom is 0.282 e. The number of anilines is 1. The zero-order valence-corrected chi connectivity index (χ0v) is 10.2. The Balaban J connectivity index is 2.16. The Kier molecular flexibility index (Phi) is 3.09. The van der Waals surface area contributed by atoms with E-state index in [9.17, 15) is 4.79 Å². The summed E-state index contributed by atoms with van der Waals surface area (Å²) < 4.78 is 6.90. The summed E-state index contributed by atoms with van der Waals surface area (Å²) in [5.41, 5.74) is 0.476. The van der Waals surface area contributed by atoms with Crippen LogP contribution in [0.4, 0.5) is 5.69 Å². The first-order valence-corrected chi connectivity index (χ1v) is 5.46. The van der Waals surface area contributed by atoms with Crippen LogP contribution >= 0.6 is 15.9 Å². The third-order valence-corrected chi connectivity index (χ3v) is 2.88. The molecule has 0 saturated carbocycles. The van der Waals surface area contributed by atoms with Crippen LogP contribution < -0.4 is 10.9 Å². The summed E-state index contributed by atoms with van der Waals surface area (Å²) in [7, 11) is 1.60. The minimum Gasteiger partial charge on any atom is -0.467 e. The van der Waals surface area contributed by atoms with Gasteiger partial charge in [-0.2, -0.15) is 5.10 Å². The van der Waals surface area contributed by atoms with Gasteiger partial charge < -0.3 is 9.73 Å². The third kappa shape index (κ3) is 2.16. The molecule has 84 valence electrons. The van der Waals surface area contributed by atoms with Gasteiger partial charge >= 0.3 is 0 Å². The van der Waals surface area contributed by atoms with Gasteiger partial charge in [0, 0.05) is 7.05 Å². The molecule has 0 aromatic carbocycles. The summed E-state index contributed by atoms with van der Waals surface area (Å²) >= 11 is 3.23. The van der Waals surface area contributed by atoms with Crippen molar-refractivity contribution in [2.45, 2.75) is 6.54 Å². The molecule has 2 rings (SSSR count). The van der Waals surface area contributed by atoms with Gasteiger partial charge in [0.15, 0.2) is 0 Å². The lowest BCUT2D eigenvalue weighted by molar-refractivity contribution is 0.518. The highest BCUT2D eigenvalue weighted by Crippen LogP contribution is 2.16. The van der Waals surface area contributed by atoms with Crippen LogP contribution in [-0.4, -0.2) is 9.78 Å². The van der Waals surface area contributed by atoms with Gasteiger partial charge in [-0.15, -0.1) is 0 Å². The van der Waals surface area contributed by atoms with E-state index in [1.165, 1.54) is 4.68 Å². The predicted molar refractivity (Wildman–Crippen MR) is 63.2 cm³/mol. The van der Waals surface area contributed by atoms with Crippen molar-refractivity contribution in [1.82, 2.24) is 9.78 Å².